The number of sulfonamides is 1. The summed E-state index contributed by atoms with van der Waals surface area (Å²) >= 11 is 0. The normalized spacial score (nSPS) is 20.7. The van der Waals surface area contributed by atoms with E-state index < -0.39 is 10.0 Å². The fraction of sp³-hybridized carbons (Fsp3) is 0.381. The number of nitrogens with zero attached hydrogens (tertiary/aromatic N) is 3. The SMILES string of the molecule is COc1cccc(S(=O)(=O)N2CC[C@@H](C)C(N(C)c3ccnc4[nH]ccc34)C2)c1. The van der Waals surface area contributed by atoms with Gasteiger partial charge in [-0.25, -0.2) is 13.4 Å². The maximum Gasteiger partial charge on any atom is 0.243 e. The van der Waals surface area contributed by atoms with Gasteiger partial charge < -0.3 is 14.6 Å². The number of anilines is 1. The second kappa shape index (κ2) is 7.68. The van der Waals surface area contributed by atoms with E-state index in [1.165, 1.54) is 7.11 Å². The third-order valence-electron chi connectivity index (χ3n) is 5.87. The first-order chi connectivity index (χ1) is 13.9. The second-order valence-electron chi connectivity index (χ2n) is 7.56. The molecule has 0 radical (unpaired) electrons. The van der Waals surface area contributed by atoms with Crippen molar-refractivity contribution in [2.45, 2.75) is 24.3 Å². The number of aromatic amines is 1. The van der Waals surface area contributed by atoms with Crippen LogP contribution in [0.2, 0.25) is 0 Å². The largest absolute Gasteiger partial charge is 0.497 e. The molecular weight excluding hydrogens is 388 g/mol. The van der Waals surface area contributed by atoms with Crippen molar-refractivity contribution in [2.24, 2.45) is 5.92 Å². The third-order valence-corrected chi connectivity index (χ3v) is 7.74. The predicted octanol–water partition coefficient (Wildman–Crippen LogP) is 3.11. The minimum atomic E-state index is -3.59. The molecule has 7 nitrogen and oxygen atoms in total. The first-order valence-corrected chi connectivity index (χ1v) is 11.1. The first kappa shape index (κ1) is 19.7. The molecule has 154 valence electrons. The standard InChI is InChI=1S/C21H26N4O3S/c1-15-9-12-25(29(26,27)17-6-4-5-16(13-17)28-3)14-20(15)24(2)19-8-11-23-21-18(19)7-10-22-21/h4-8,10-11,13,15,20H,9,12,14H2,1-3H3,(H,22,23)/t15-,20?/m1/s1. The number of methoxy groups -OCH3 is 1. The minimum absolute atomic E-state index is 0.0598. The molecular formula is C21H26N4O3S. The fourth-order valence-electron chi connectivity index (χ4n) is 4.09. The molecule has 0 aliphatic carbocycles. The maximum absolute atomic E-state index is 13.3. The van der Waals surface area contributed by atoms with Gasteiger partial charge in [-0.2, -0.15) is 4.31 Å². The lowest BCUT2D eigenvalue weighted by Crippen LogP contribution is -2.52. The number of ether oxygens (including phenoxy) is 1. The summed E-state index contributed by atoms with van der Waals surface area (Å²) in [6.07, 6.45) is 4.46. The highest BCUT2D eigenvalue weighted by Crippen LogP contribution is 2.32. The number of piperidine rings is 1. The van der Waals surface area contributed by atoms with Gasteiger partial charge in [0.15, 0.2) is 0 Å². The molecule has 1 N–H and O–H groups in total. The van der Waals surface area contributed by atoms with Gasteiger partial charge in [-0.1, -0.05) is 13.0 Å². The van der Waals surface area contributed by atoms with Crippen LogP contribution < -0.4 is 9.64 Å². The van der Waals surface area contributed by atoms with Crippen molar-refractivity contribution in [3.8, 4) is 5.75 Å². The van der Waals surface area contributed by atoms with Crippen LogP contribution in [0.4, 0.5) is 5.69 Å². The Kier molecular flexibility index (Phi) is 5.23. The van der Waals surface area contributed by atoms with Crippen molar-refractivity contribution in [1.82, 2.24) is 14.3 Å². The molecule has 0 spiro atoms. The van der Waals surface area contributed by atoms with Crippen LogP contribution in [0.5, 0.6) is 5.75 Å². The Morgan fingerprint density at radius 3 is 2.90 bits per heavy atom. The monoisotopic (exact) mass is 414 g/mol. The number of H-pyrrole nitrogens is 1. The molecule has 1 saturated heterocycles. The van der Waals surface area contributed by atoms with Crippen LogP contribution in [-0.2, 0) is 10.0 Å². The molecule has 1 unspecified atom stereocenters. The van der Waals surface area contributed by atoms with Crippen LogP contribution in [0.1, 0.15) is 13.3 Å². The first-order valence-electron chi connectivity index (χ1n) is 9.71. The number of aromatic nitrogens is 2. The topological polar surface area (TPSA) is 78.5 Å². The summed E-state index contributed by atoms with van der Waals surface area (Å²) in [6.45, 7) is 3.14. The summed E-state index contributed by atoms with van der Waals surface area (Å²) in [6, 6.07) is 10.7. The average molecular weight is 415 g/mol. The van der Waals surface area contributed by atoms with Crippen molar-refractivity contribution in [2.75, 3.05) is 32.1 Å². The van der Waals surface area contributed by atoms with Gasteiger partial charge in [0.25, 0.3) is 0 Å². The van der Waals surface area contributed by atoms with Gasteiger partial charge in [-0.3, -0.25) is 0 Å². The van der Waals surface area contributed by atoms with Crippen molar-refractivity contribution in [3.05, 3.63) is 48.8 Å². The Morgan fingerprint density at radius 2 is 2.10 bits per heavy atom. The van der Waals surface area contributed by atoms with Crippen LogP contribution >= 0.6 is 0 Å². The number of fused-ring (bicyclic) bond motifs is 1. The average Bonchev–Trinajstić information content (AvgIpc) is 3.22. The summed E-state index contributed by atoms with van der Waals surface area (Å²) in [5, 5.41) is 1.04. The number of likely N-dealkylation sites (N-methyl/N-ethyl adjacent to an activating group) is 1. The molecule has 1 fully saturated rings. The molecule has 2 atom stereocenters. The summed E-state index contributed by atoms with van der Waals surface area (Å²) in [4.78, 5) is 9.96. The number of rotatable bonds is 5. The number of pyridine rings is 1. The van der Waals surface area contributed by atoms with Crippen molar-refractivity contribution in [3.63, 3.8) is 0 Å². The summed E-state index contributed by atoms with van der Waals surface area (Å²) < 4.78 is 33.3. The lowest BCUT2D eigenvalue weighted by atomic mass is 9.93. The Labute approximate surface area is 171 Å². The molecule has 1 aromatic carbocycles. The van der Waals surface area contributed by atoms with E-state index in [9.17, 15) is 8.42 Å². The van der Waals surface area contributed by atoms with E-state index in [4.69, 9.17) is 4.74 Å². The van der Waals surface area contributed by atoms with Gasteiger partial charge in [0.2, 0.25) is 10.0 Å². The summed E-state index contributed by atoms with van der Waals surface area (Å²) in [7, 11) is -0.0204. The van der Waals surface area contributed by atoms with Crippen molar-refractivity contribution >= 4 is 26.7 Å². The minimum Gasteiger partial charge on any atom is -0.497 e. The van der Waals surface area contributed by atoms with Gasteiger partial charge in [0.05, 0.1) is 12.0 Å². The second-order valence-corrected chi connectivity index (χ2v) is 9.49. The third kappa shape index (κ3) is 3.58. The Balaban J connectivity index is 1.63. The van der Waals surface area contributed by atoms with E-state index >= 15 is 0 Å². The number of benzene rings is 1. The summed E-state index contributed by atoms with van der Waals surface area (Å²) in [5.74, 6) is 0.899. The Hall–Kier alpha value is -2.58. The van der Waals surface area contributed by atoms with E-state index in [0.29, 0.717) is 24.8 Å². The number of nitrogens with one attached hydrogen (secondary N) is 1. The zero-order chi connectivity index (χ0) is 20.6. The Bertz CT molecular complexity index is 1110. The van der Waals surface area contributed by atoms with Crippen LogP contribution in [0.25, 0.3) is 11.0 Å². The fourth-order valence-corrected chi connectivity index (χ4v) is 5.59. The van der Waals surface area contributed by atoms with E-state index in [1.807, 2.05) is 25.4 Å². The quantitative estimate of drug-likeness (QED) is 0.694. The highest BCUT2D eigenvalue weighted by Gasteiger charge is 2.36. The van der Waals surface area contributed by atoms with Gasteiger partial charge >= 0.3 is 0 Å². The van der Waals surface area contributed by atoms with E-state index in [0.717, 1.165) is 23.1 Å². The molecule has 4 rings (SSSR count). The predicted molar refractivity (Wildman–Crippen MR) is 114 cm³/mol. The van der Waals surface area contributed by atoms with Crippen LogP contribution in [0.3, 0.4) is 0 Å². The van der Waals surface area contributed by atoms with Gasteiger partial charge in [0.1, 0.15) is 11.4 Å². The van der Waals surface area contributed by atoms with Crippen LogP contribution in [0.15, 0.2) is 53.7 Å². The molecule has 2 aromatic heterocycles. The molecule has 3 aromatic rings. The number of hydrogen-bond acceptors (Lipinski definition) is 5. The zero-order valence-electron chi connectivity index (χ0n) is 16.9. The molecule has 3 heterocycles. The van der Waals surface area contributed by atoms with Gasteiger partial charge in [-0.05, 0) is 36.6 Å². The van der Waals surface area contributed by atoms with E-state index in [-0.39, 0.29) is 10.9 Å². The molecule has 0 bridgehead atoms. The smallest absolute Gasteiger partial charge is 0.243 e. The van der Waals surface area contributed by atoms with Gasteiger partial charge in [0, 0.05) is 55.7 Å². The lowest BCUT2D eigenvalue weighted by Gasteiger charge is -2.42. The zero-order valence-corrected chi connectivity index (χ0v) is 17.7. The summed E-state index contributed by atoms with van der Waals surface area (Å²) in [5.41, 5.74) is 1.88. The molecule has 0 amide bonds. The molecule has 1 aliphatic heterocycles. The molecule has 29 heavy (non-hydrogen) atoms. The van der Waals surface area contributed by atoms with Crippen molar-refractivity contribution < 1.29 is 13.2 Å². The highest BCUT2D eigenvalue weighted by molar-refractivity contribution is 7.89. The maximum atomic E-state index is 13.3. The Morgan fingerprint density at radius 1 is 1.28 bits per heavy atom. The highest BCUT2D eigenvalue weighted by atomic mass is 32.2. The lowest BCUT2D eigenvalue weighted by molar-refractivity contribution is 0.247. The van der Waals surface area contributed by atoms with E-state index in [1.54, 1.807) is 34.8 Å². The van der Waals surface area contributed by atoms with Gasteiger partial charge in [-0.15, -0.1) is 0 Å². The van der Waals surface area contributed by atoms with Crippen LogP contribution in [0, 0.1) is 5.92 Å². The number of hydrogen-bond donors (Lipinski definition) is 1. The van der Waals surface area contributed by atoms with Crippen molar-refractivity contribution in [1.29, 1.82) is 0 Å². The molecule has 1 aliphatic rings. The van der Waals surface area contributed by atoms with E-state index in [2.05, 4.69) is 21.8 Å². The molecule has 8 heteroatoms. The molecule has 0 saturated carbocycles. The van der Waals surface area contributed by atoms with Crippen LogP contribution in [-0.4, -0.2) is 56.0 Å².